The number of aliphatic carboxylic acids is 2. The highest BCUT2D eigenvalue weighted by Crippen LogP contribution is 2.50. The molecule has 1 aliphatic rings. The summed E-state index contributed by atoms with van der Waals surface area (Å²) < 4.78 is 0. The summed E-state index contributed by atoms with van der Waals surface area (Å²) in [5.74, 6) is -1.51. The Labute approximate surface area is 152 Å². The summed E-state index contributed by atoms with van der Waals surface area (Å²) in [6.45, 7) is 9.82. The Morgan fingerprint density at radius 1 is 1.04 bits per heavy atom. The maximum Gasteiger partial charge on any atom is 0.306 e. The van der Waals surface area contributed by atoms with E-state index in [1.807, 2.05) is 0 Å². The molecule has 1 fully saturated rings. The fourth-order valence-corrected chi connectivity index (χ4v) is 4.29. The second kappa shape index (κ2) is 9.02. The Morgan fingerprint density at radius 3 is 2.16 bits per heavy atom. The molecule has 0 bridgehead atoms. The van der Waals surface area contributed by atoms with Crippen molar-refractivity contribution in [3.05, 3.63) is 0 Å². The van der Waals surface area contributed by atoms with Crippen LogP contribution in [0, 0.1) is 17.3 Å². The van der Waals surface area contributed by atoms with E-state index in [0.29, 0.717) is 6.42 Å². The van der Waals surface area contributed by atoms with Crippen molar-refractivity contribution in [3.63, 3.8) is 0 Å². The second-order valence-electron chi connectivity index (χ2n) is 8.74. The van der Waals surface area contributed by atoms with Crippen LogP contribution in [-0.4, -0.2) is 46.2 Å². The molecule has 2 N–H and O–H groups in total. The number of likely N-dealkylation sites (tertiary alicyclic amines) is 1. The average molecular weight is 356 g/mol. The molecule has 0 aromatic carbocycles. The lowest BCUT2D eigenvalue weighted by molar-refractivity contribution is -0.152. The first kappa shape index (κ1) is 21.9. The van der Waals surface area contributed by atoms with Gasteiger partial charge in [-0.1, -0.05) is 39.5 Å². The molecule has 2 unspecified atom stereocenters. The van der Waals surface area contributed by atoms with Crippen molar-refractivity contribution in [1.29, 1.82) is 0 Å². The second-order valence-corrected chi connectivity index (χ2v) is 8.74. The number of hydrogen-bond donors (Lipinski definition) is 2. The highest BCUT2D eigenvalue weighted by atomic mass is 16.4. The van der Waals surface area contributed by atoms with Gasteiger partial charge >= 0.3 is 11.9 Å². The van der Waals surface area contributed by atoms with Gasteiger partial charge in [0.1, 0.15) is 0 Å². The molecule has 0 aliphatic carbocycles. The number of nitrogens with zero attached hydrogens (tertiary/aromatic N) is 1. The van der Waals surface area contributed by atoms with Crippen molar-refractivity contribution >= 4 is 11.9 Å². The number of unbranched alkanes of at least 4 members (excludes halogenated alkanes) is 4. The Morgan fingerprint density at radius 2 is 1.60 bits per heavy atom. The van der Waals surface area contributed by atoms with Gasteiger partial charge in [-0.25, -0.2) is 0 Å². The molecule has 0 aromatic rings. The number of carboxylic acid groups (broad SMARTS) is 2. The van der Waals surface area contributed by atoms with Crippen molar-refractivity contribution in [2.24, 2.45) is 17.3 Å². The number of piperidine rings is 1. The highest BCUT2D eigenvalue weighted by molar-refractivity contribution is 5.70. The molecule has 146 valence electrons. The molecule has 2 atom stereocenters. The summed E-state index contributed by atoms with van der Waals surface area (Å²) >= 11 is 0. The lowest BCUT2D eigenvalue weighted by Gasteiger charge is -2.57. The molecular weight excluding hydrogens is 318 g/mol. The molecule has 1 aliphatic heterocycles. The smallest absolute Gasteiger partial charge is 0.306 e. The molecule has 1 saturated heterocycles. The number of rotatable bonds is 10. The van der Waals surface area contributed by atoms with Crippen LogP contribution in [0.2, 0.25) is 0 Å². The van der Waals surface area contributed by atoms with E-state index >= 15 is 0 Å². The van der Waals surface area contributed by atoms with Crippen molar-refractivity contribution in [3.8, 4) is 0 Å². The highest BCUT2D eigenvalue weighted by Gasteiger charge is 2.52. The Kier molecular flexibility index (Phi) is 7.91. The Hall–Kier alpha value is -1.10. The largest absolute Gasteiger partial charge is 0.481 e. The third-order valence-electron chi connectivity index (χ3n) is 6.94. The molecule has 1 rings (SSSR count). The third-order valence-corrected chi connectivity index (χ3v) is 6.94. The minimum absolute atomic E-state index is 0.0273. The van der Waals surface area contributed by atoms with E-state index in [9.17, 15) is 14.7 Å². The molecule has 0 radical (unpaired) electrons. The zero-order chi connectivity index (χ0) is 19.3. The number of carbonyl (C=O) groups is 2. The monoisotopic (exact) mass is 355 g/mol. The van der Waals surface area contributed by atoms with E-state index in [1.54, 1.807) is 0 Å². The van der Waals surface area contributed by atoms with Gasteiger partial charge in [0.2, 0.25) is 0 Å². The van der Waals surface area contributed by atoms with Crippen LogP contribution in [0.1, 0.15) is 79.1 Å². The van der Waals surface area contributed by atoms with E-state index < -0.39 is 11.9 Å². The first-order valence-electron chi connectivity index (χ1n) is 9.67. The Balaban J connectivity index is 2.56. The first-order chi connectivity index (χ1) is 11.5. The van der Waals surface area contributed by atoms with E-state index in [0.717, 1.165) is 45.1 Å². The summed E-state index contributed by atoms with van der Waals surface area (Å²) in [7, 11) is 2.13. The maximum absolute atomic E-state index is 11.9. The van der Waals surface area contributed by atoms with Crippen molar-refractivity contribution in [2.75, 3.05) is 13.6 Å². The molecule has 0 aromatic heterocycles. The van der Waals surface area contributed by atoms with Crippen LogP contribution >= 0.6 is 0 Å². The zero-order valence-corrected chi connectivity index (χ0v) is 16.7. The average Bonchev–Trinajstić information content (AvgIpc) is 2.49. The molecule has 5 nitrogen and oxygen atoms in total. The van der Waals surface area contributed by atoms with Gasteiger partial charge < -0.3 is 15.1 Å². The first-order valence-corrected chi connectivity index (χ1v) is 9.67. The van der Waals surface area contributed by atoms with Crippen molar-refractivity contribution in [2.45, 2.75) is 84.6 Å². The topological polar surface area (TPSA) is 77.8 Å². The van der Waals surface area contributed by atoms with Gasteiger partial charge in [0.25, 0.3) is 0 Å². The summed E-state index contributed by atoms with van der Waals surface area (Å²) in [5.41, 5.74) is -0.0923. The van der Waals surface area contributed by atoms with E-state index in [4.69, 9.17) is 5.11 Å². The lowest BCUT2D eigenvalue weighted by atomic mass is 9.57. The zero-order valence-electron chi connectivity index (χ0n) is 16.7. The fraction of sp³-hybridized carbons (Fsp3) is 0.900. The summed E-state index contributed by atoms with van der Waals surface area (Å²) in [4.78, 5) is 24.8. The van der Waals surface area contributed by atoms with E-state index in [1.165, 1.54) is 0 Å². The Bertz CT molecular complexity index is 459. The van der Waals surface area contributed by atoms with Crippen molar-refractivity contribution < 1.29 is 19.8 Å². The molecule has 0 spiro atoms. The number of hydrogen-bond acceptors (Lipinski definition) is 3. The number of carboxylic acids is 2. The predicted molar refractivity (Wildman–Crippen MR) is 99.7 cm³/mol. The molecule has 0 saturated carbocycles. The van der Waals surface area contributed by atoms with Gasteiger partial charge in [0.15, 0.2) is 0 Å². The lowest BCUT2D eigenvalue weighted by Crippen LogP contribution is -2.61. The molecule has 25 heavy (non-hydrogen) atoms. The van der Waals surface area contributed by atoms with Crippen LogP contribution in [0.25, 0.3) is 0 Å². The standard InChI is InChI=1S/C20H37NO4/c1-19(2)16(13-14-21(5)20(19,3)4)15(18(24)25)11-9-7-6-8-10-12-17(22)23/h15-16H,6-14H2,1-5H3,(H,22,23)(H,24,25). The normalized spacial score (nSPS) is 24.0. The van der Waals surface area contributed by atoms with Crippen LogP contribution in [0.5, 0.6) is 0 Å². The summed E-state index contributed by atoms with van der Waals surface area (Å²) in [6, 6.07) is 0. The summed E-state index contributed by atoms with van der Waals surface area (Å²) in [6.07, 6.45) is 6.40. The fourth-order valence-electron chi connectivity index (χ4n) is 4.29. The van der Waals surface area contributed by atoms with E-state index in [2.05, 4.69) is 39.6 Å². The van der Waals surface area contributed by atoms with Gasteiger partial charge in [0, 0.05) is 12.0 Å². The molecule has 0 amide bonds. The molecular formula is C20H37NO4. The van der Waals surface area contributed by atoms with Crippen LogP contribution < -0.4 is 0 Å². The predicted octanol–water partition coefficient (Wildman–Crippen LogP) is 4.26. The van der Waals surface area contributed by atoms with Crippen molar-refractivity contribution in [1.82, 2.24) is 4.90 Å². The SMILES string of the molecule is CN1CCC(C(CCCCCCCC(=O)O)C(=O)O)C(C)(C)C1(C)C. The minimum Gasteiger partial charge on any atom is -0.481 e. The van der Waals surface area contributed by atoms with Gasteiger partial charge in [-0.3, -0.25) is 9.59 Å². The third kappa shape index (κ3) is 5.44. The van der Waals surface area contributed by atoms with Crippen LogP contribution in [0.4, 0.5) is 0 Å². The van der Waals surface area contributed by atoms with Gasteiger partial charge in [0.05, 0.1) is 5.92 Å². The van der Waals surface area contributed by atoms with Crippen LogP contribution in [0.3, 0.4) is 0 Å². The van der Waals surface area contributed by atoms with Gasteiger partial charge in [-0.2, -0.15) is 0 Å². The van der Waals surface area contributed by atoms with E-state index in [-0.39, 0.29) is 29.2 Å². The molecule has 1 heterocycles. The summed E-state index contributed by atoms with van der Waals surface area (Å²) in [5, 5.41) is 18.5. The van der Waals surface area contributed by atoms with Crippen LogP contribution in [0.15, 0.2) is 0 Å². The molecule has 5 heteroatoms. The quantitative estimate of drug-likeness (QED) is 0.573. The van der Waals surface area contributed by atoms with Crippen LogP contribution in [-0.2, 0) is 9.59 Å². The van der Waals surface area contributed by atoms with Gasteiger partial charge in [-0.15, -0.1) is 0 Å². The maximum atomic E-state index is 11.9. The minimum atomic E-state index is -0.738. The van der Waals surface area contributed by atoms with Gasteiger partial charge in [-0.05, 0) is 58.0 Å².